The van der Waals surface area contributed by atoms with Gasteiger partial charge in [-0.15, -0.1) is 0 Å². The maximum absolute atomic E-state index is 11.8. The number of halogens is 1. The summed E-state index contributed by atoms with van der Waals surface area (Å²) in [6, 6.07) is 34.0. The molecule has 6 aromatic rings. The first-order valence-electron chi connectivity index (χ1n) is 10.6. The number of nitro benzene ring substituents is 1. The van der Waals surface area contributed by atoms with Gasteiger partial charge >= 0.3 is 0 Å². The molecule has 158 valence electrons. The van der Waals surface area contributed by atoms with Crippen molar-refractivity contribution in [1.82, 2.24) is 4.57 Å². The van der Waals surface area contributed by atoms with Gasteiger partial charge in [0.1, 0.15) is 0 Å². The van der Waals surface area contributed by atoms with Gasteiger partial charge in [0.25, 0.3) is 5.69 Å². The molecule has 0 bridgehead atoms. The Morgan fingerprint density at radius 1 is 0.727 bits per heavy atom. The van der Waals surface area contributed by atoms with Gasteiger partial charge in [0, 0.05) is 27.0 Å². The fourth-order valence-electron chi connectivity index (χ4n) is 4.73. The van der Waals surface area contributed by atoms with Crippen LogP contribution in [0.2, 0.25) is 0 Å². The first-order valence-corrected chi connectivity index (χ1v) is 11.4. The van der Waals surface area contributed by atoms with E-state index < -0.39 is 0 Å². The highest BCUT2D eigenvalue weighted by molar-refractivity contribution is 9.10. The third-order valence-corrected chi connectivity index (χ3v) is 6.63. The molecule has 0 aliphatic rings. The number of rotatable bonds is 3. The van der Waals surface area contributed by atoms with Crippen molar-refractivity contribution in [3.05, 3.63) is 118 Å². The third-order valence-electron chi connectivity index (χ3n) is 6.13. The second-order valence-corrected chi connectivity index (χ2v) is 8.92. The van der Waals surface area contributed by atoms with Crippen LogP contribution in [0, 0.1) is 10.1 Å². The van der Waals surface area contributed by atoms with Crippen LogP contribution in [0.1, 0.15) is 0 Å². The van der Waals surface area contributed by atoms with Crippen LogP contribution in [0.15, 0.2) is 108 Å². The molecule has 0 amide bonds. The van der Waals surface area contributed by atoms with Crippen LogP contribution in [0.25, 0.3) is 49.4 Å². The predicted octanol–water partition coefficient (Wildman–Crippen LogP) is 8.27. The predicted molar refractivity (Wildman–Crippen MR) is 138 cm³/mol. The number of non-ortho nitro benzene ring substituents is 1. The molecule has 5 aromatic carbocycles. The van der Waals surface area contributed by atoms with Crippen LogP contribution in [0.4, 0.5) is 5.69 Å². The summed E-state index contributed by atoms with van der Waals surface area (Å²) in [5.74, 6) is 0. The minimum Gasteiger partial charge on any atom is -0.309 e. The maximum atomic E-state index is 11.8. The Morgan fingerprint density at radius 2 is 1.42 bits per heavy atom. The number of fused-ring (bicyclic) bond motifs is 4. The number of hydrogen-bond donors (Lipinski definition) is 0. The molecule has 0 N–H and O–H groups in total. The largest absolute Gasteiger partial charge is 0.309 e. The van der Waals surface area contributed by atoms with Gasteiger partial charge in [-0.05, 0) is 59.0 Å². The van der Waals surface area contributed by atoms with Crippen molar-refractivity contribution in [2.45, 2.75) is 0 Å². The highest BCUT2D eigenvalue weighted by Gasteiger charge is 2.18. The average Bonchev–Trinajstić information content (AvgIpc) is 3.16. The van der Waals surface area contributed by atoms with Crippen molar-refractivity contribution in [3.8, 4) is 16.8 Å². The second-order valence-electron chi connectivity index (χ2n) is 8.00. The highest BCUT2D eigenvalue weighted by Crippen LogP contribution is 2.39. The quantitative estimate of drug-likeness (QED) is 0.184. The summed E-state index contributed by atoms with van der Waals surface area (Å²) < 4.78 is 3.26. The second kappa shape index (κ2) is 7.57. The zero-order valence-electron chi connectivity index (χ0n) is 17.4. The van der Waals surface area contributed by atoms with Crippen molar-refractivity contribution in [2.24, 2.45) is 0 Å². The lowest BCUT2D eigenvalue weighted by Gasteiger charge is -2.10. The maximum Gasteiger partial charge on any atom is 0.277 e. The number of benzene rings is 5. The van der Waals surface area contributed by atoms with Crippen LogP contribution in [-0.2, 0) is 0 Å². The van der Waals surface area contributed by atoms with E-state index in [9.17, 15) is 10.1 Å². The van der Waals surface area contributed by atoms with Crippen LogP contribution in [0.5, 0.6) is 0 Å². The number of para-hydroxylation sites is 1. The van der Waals surface area contributed by atoms with Crippen molar-refractivity contribution in [2.75, 3.05) is 0 Å². The van der Waals surface area contributed by atoms with E-state index in [0.29, 0.717) is 5.39 Å². The lowest BCUT2D eigenvalue weighted by molar-refractivity contribution is -0.383. The first kappa shape index (κ1) is 19.7. The topological polar surface area (TPSA) is 48.1 Å². The zero-order valence-corrected chi connectivity index (χ0v) is 19.0. The van der Waals surface area contributed by atoms with E-state index in [1.807, 2.05) is 42.5 Å². The smallest absolute Gasteiger partial charge is 0.277 e. The molecule has 1 heterocycles. The van der Waals surface area contributed by atoms with Gasteiger partial charge in [-0.2, -0.15) is 0 Å². The molecule has 0 radical (unpaired) electrons. The van der Waals surface area contributed by atoms with E-state index in [4.69, 9.17) is 0 Å². The Morgan fingerprint density at radius 3 is 2.18 bits per heavy atom. The summed E-state index contributed by atoms with van der Waals surface area (Å²) in [5.41, 5.74) is 5.23. The van der Waals surface area contributed by atoms with Crippen LogP contribution >= 0.6 is 15.9 Å². The van der Waals surface area contributed by atoms with Crippen molar-refractivity contribution in [3.63, 3.8) is 0 Å². The van der Waals surface area contributed by atoms with Gasteiger partial charge in [0.15, 0.2) is 0 Å². The molecule has 0 aliphatic heterocycles. The number of aromatic nitrogens is 1. The molecular formula is C28H17BrN2O2. The van der Waals surface area contributed by atoms with Crippen molar-refractivity contribution < 1.29 is 4.92 Å². The minimum atomic E-state index is -0.303. The molecule has 1 aromatic heterocycles. The minimum absolute atomic E-state index is 0.123. The van der Waals surface area contributed by atoms with Crippen LogP contribution < -0.4 is 0 Å². The molecule has 0 spiro atoms. The summed E-state index contributed by atoms with van der Waals surface area (Å²) in [5, 5.41) is 15.5. The Hall–Kier alpha value is -3.96. The van der Waals surface area contributed by atoms with Gasteiger partial charge in [0.05, 0.1) is 21.3 Å². The molecule has 0 atom stereocenters. The van der Waals surface area contributed by atoms with Crippen molar-refractivity contribution >= 4 is 54.2 Å². The van der Waals surface area contributed by atoms with Gasteiger partial charge < -0.3 is 4.57 Å². The van der Waals surface area contributed by atoms with Crippen LogP contribution in [0.3, 0.4) is 0 Å². The van der Waals surface area contributed by atoms with E-state index in [0.717, 1.165) is 48.5 Å². The Kier molecular flexibility index (Phi) is 4.52. The lowest BCUT2D eigenvalue weighted by atomic mass is 9.96. The lowest BCUT2D eigenvalue weighted by Crippen LogP contribution is -1.93. The van der Waals surface area contributed by atoms with E-state index in [-0.39, 0.29) is 10.6 Å². The number of nitrogens with zero attached hydrogens (tertiary/aromatic N) is 2. The van der Waals surface area contributed by atoms with E-state index >= 15 is 0 Å². The number of hydrogen-bond acceptors (Lipinski definition) is 2. The molecule has 0 aliphatic carbocycles. The summed E-state index contributed by atoms with van der Waals surface area (Å²) in [6.45, 7) is 0. The summed E-state index contributed by atoms with van der Waals surface area (Å²) >= 11 is 3.62. The molecule has 0 unspecified atom stereocenters. The number of nitro groups is 1. The molecule has 0 fully saturated rings. The van der Waals surface area contributed by atoms with Gasteiger partial charge in [-0.1, -0.05) is 70.5 Å². The highest BCUT2D eigenvalue weighted by atomic mass is 79.9. The zero-order chi connectivity index (χ0) is 22.5. The molecule has 5 heteroatoms. The van der Waals surface area contributed by atoms with Gasteiger partial charge in [0.2, 0.25) is 0 Å². The Balaban J connectivity index is 1.70. The van der Waals surface area contributed by atoms with Gasteiger partial charge in [-0.25, -0.2) is 0 Å². The van der Waals surface area contributed by atoms with E-state index in [1.54, 1.807) is 12.1 Å². The molecule has 4 nitrogen and oxygen atoms in total. The normalized spacial score (nSPS) is 11.4. The standard InChI is InChI=1S/C28H17BrN2O2/c29-20-13-15-26-24(17-20)23-16-19(12-14-25(23)30(26)21-8-2-1-3-9-21)22-10-4-6-18-7-5-11-27(28(18)22)31(32)33/h1-17H. The summed E-state index contributed by atoms with van der Waals surface area (Å²) in [4.78, 5) is 11.5. The van der Waals surface area contributed by atoms with Crippen LogP contribution in [-0.4, -0.2) is 9.49 Å². The Labute approximate surface area is 198 Å². The molecule has 6 rings (SSSR count). The van der Waals surface area contributed by atoms with Crippen molar-refractivity contribution in [1.29, 1.82) is 0 Å². The molecule has 0 saturated heterocycles. The Bertz CT molecular complexity index is 1700. The first-order chi connectivity index (χ1) is 16.1. The van der Waals surface area contributed by atoms with E-state index in [2.05, 4.69) is 69.0 Å². The monoisotopic (exact) mass is 492 g/mol. The summed E-state index contributed by atoms with van der Waals surface area (Å²) in [6.07, 6.45) is 0. The fourth-order valence-corrected chi connectivity index (χ4v) is 5.09. The molecule has 0 saturated carbocycles. The van der Waals surface area contributed by atoms with E-state index in [1.165, 1.54) is 0 Å². The molecule has 33 heavy (non-hydrogen) atoms. The average molecular weight is 493 g/mol. The summed E-state index contributed by atoms with van der Waals surface area (Å²) in [7, 11) is 0. The molecular weight excluding hydrogens is 476 g/mol. The SMILES string of the molecule is O=[N+]([O-])c1cccc2cccc(-c3ccc4c(c3)c3cc(Br)ccc3n4-c3ccccc3)c12. The third kappa shape index (κ3) is 3.12. The fraction of sp³-hybridized carbons (Fsp3) is 0. The van der Waals surface area contributed by atoms with Gasteiger partial charge in [-0.3, -0.25) is 10.1 Å².